The highest BCUT2D eigenvalue weighted by atomic mass is 16.7. The van der Waals surface area contributed by atoms with Crippen molar-refractivity contribution in [2.45, 2.75) is 13.3 Å². The van der Waals surface area contributed by atoms with Crippen molar-refractivity contribution >= 4 is 12.3 Å². The van der Waals surface area contributed by atoms with E-state index in [1.54, 1.807) is 6.92 Å². The summed E-state index contributed by atoms with van der Waals surface area (Å²) >= 11 is 0. The minimum Gasteiger partial charge on any atom is -0.373 e. The zero-order valence-corrected chi connectivity index (χ0v) is 5.16. The van der Waals surface area contributed by atoms with Gasteiger partial charge < -0.3 is 9.63 Å². The Balaban J connectivity index is 3.46. The monoisotopic (exact) mass is 131 g/mol. The number of rotatable bonds is 3. The Morgan fingerprint density at radius 2 is 2.44 bits per heavy atom. The largest absolute Gasteiger partial charge is 0.373 e. The molecule has 0 saturated heterocycles. The second-order valence-electron chi connectivity index (χ2n) is 1.81. The van der Waals surface area contributed by atoms with Crippen molar-refractivity contribution in [3.05, 3.63) is 0 Å². The van der Waals surface area contributed by atoms with E-state index in [2.05, 4.69) is 10.7 Å². The summed E-state index contributed by atoms with van der Waals surface area (Å²) in [7, 11) is 0. The average Bonchev–Trinajstić information content (AvgIpc) is 1.87. The third-order valence-corrected chi connectivity index (χ3v) is 0.852. The second kappa shape index (κ2) is 4.03. The molecule has 4 heteroatoms. The molecule has 4 nitrogen and oxygen atoms in total. The van der Waals surface area contributed by atoms with Crippen molar-refractivity contribution in [2.75, 3.05) is 0 Å². The normalized spacial score (nSPS) is 12.2. The first-order chi connectivity index (χ1) is 4.20. The molecule has 0 aliphatic heterocycles. The quantitative estimate of drug-likeness (QED) is 0.419. The number of carbonyl (C=O) groups is 2. The maximum Gasteiger partial charge on any atom is 0.325 e. The summed E-state index contributed by atoms with van der Waals surface area (Å²) in [5.41, 5.74) is 0. The summed E-state index contributed by atoms with van der Waals surface area (Å²) in [5, 5.41) is 0. The number of hydrogen-bond acceptors (Lipinski definition) is 4. The molecule has 0 bridgehead atoms. The Morgan fingerprint density at radius 3 is 2.78 bits per heavy atom. The fourth-order valence-corrected chi connectivity index (χ4v) is 0.359. The van der Waals surface area contributed by atoms with Gasteiger partial charge in [-0.05, 0) is 0 Å². The van der Waals surface area contributed by atoms with Gasteiger partial charge in [0.1, 0.15) is 6.29 Å². The van der Waals surface area contributed by atoms with E-state index in [0.717, 1.165) is 0 Å². The van der Waals surface area contributed by atoms with Crippen LogP contribution >= 0.6 is 0 Å². The van der Waals surface area contributed by atoms with Gasteiger partial charge in [-0.1, -0.05) is 6.92 Å². The minimum atomic E-state index is -0.561. The Bertz CT molecular complexity index is 113. The van der Waals surface area contributed by atoms with Gasteiger partial charge in [0.05, 0.1) is 6.42 Å². The van der Waals surface area contributed by atoms with Crippen molar-refractivity contribution in [1.82, 2.24) is 0 Å². The van der Waals surface area contributed by atoms with E-state index in [-0.39, 0.29) is 12.3 Å². The van der Waals surface area contributed by atoms with Gasteiger partial charge in [0.2, 0.25) is 0 Å². The van der Waals surface area contributed by atoms with E-state index < -0.39 is 5.97 Å². The molecule has 0 rings (SSSR count). The van der Waals surface area contributed by atoms with Gasteiger partial charge in [-0.25, -0.2) is 0 Å². The lowest BCUT2D eigenvalue weighted by atomic mass is 10.1. The molecule has 0 aliphatic rings. The second-order valence-corrected chi connectivity index (χ2v) is 1.81. The van der Waals surface area contributed by atoms with E-state index in [1.807, 2.05) is 0 Å². The fourth-order valence-electron chi connectivity index (χ4n) is 0.359. The first kappa shape index (κ1) is 8.10. The molecule has 1 atom stereocenters. The summed E-state index contributed by atoms with van der Waals surface area (Å²) in [4.78, 5) is 24.0. The average molecular weight is 131 g/mol. The molecular weight excluding hydrogens is 122 g/mol. The highest BCUT2D eigenvalue weighted by molar-refractivity contribution is 5.73. The molecule has 0 aromatic heterocycles. The van der Waals surface area contributed by atoms with Crippen LogP contribution in [0.25, 0.3) is 0 Å². The van der Waals surface area contributed by atoms with E-state index in [9.17, 15) is 9.59 Å². The third-order valence-electron chi connectivity index (χ3n) is 0.852. The summed E-state index contributed by atoms with van der Waals surface area (Å²) in [6, 6.07) is 0. The molecule has 0 aliphatic carbocycles. The van der Waals surface area contributed by atoms with E-state index in [0.29, 0.717) is 6.29 Å². The van der Waals surface area contributed by atoms with Gasteiger partial charge in [-0.15, -0.1) is 0 Å². The van der Waals surface area contributed by atoms with Crippen LogP contribution in [0, 0.1) is 5.92 Å². The van der Waals surface area contributed by atoms with Gasteiger partial charge in [0, 0.05) is 5.92 Å². The van der Waals surface area contributed by atoms with Crippen LogP contribution < -0.4 is 5.90 Å². The molecule has 0 spiro atoms. The van der Waals surface area contributed by atoms with Crippen LogP contribution in [0.1, 0.15) is 13.3 Å². The van der Waals surface area contributed by atoms with Crippen LogP contribution in [0.2, 0.25) is 0 Å². The van der Waals surface area contributed by atoms with E-state index >= 15 is 0 Å². The molecule has 0 amide bonds. The highest BCUT2D eigenvalue weighted by Crippen LogP contribution is 1.96. The molecule has 0 saturated carbocycles. The molecule has 0 aromatic carbocycles. The minimum absolute atomic E-state index is 0.0556. The smallest absolute Gasteiger partial charge is 0.325 e. The third kappa shape index (κ3) is 3.66. The maximum atomic E-state index is 10.3. The van der Waals surface area contributed by atoms with Crippen LogP contribution in [0.3, 0.4) is 0 Å². The molecule has 0 radical (unpaired) electrons. The van der Waals surface area contributed by atoms with E-state index in [4.69, 9.17) is 0 Å². The van der Waals surface area contributed by atoms with Crippen molar-refractivity contribution in [3.63, 3.8) is 0 Å². The summed E-state index contributed by atoms with van der Waals surface area (Å²) < 4.78 is 0. The Morgan fingerprint density at radius 1 is 1.89 bits per heavy atom. The predicted molar refractivity (Wildman–Crippen MR) is 30.1 cm³/mol. The van der Waals surface area contributed by atoms with Crippen molar-refractivity contribution in [2.24, 2.45) is 11.8 Å². The van der Waals surface area contributed by atoms with E-state index in [1.165, 1.54) is 0 Å². The molecule has 52 valence electrons. The number of aldehydes is 1. The SMILES string of the molecule is CC(C=O)CC(=O)ON. The molecule has 0 heterocycles. The summed E-state index contributed by atoms with van der Waals surface area (Å²) in [5.74, 6) is 3.64. The lowest BCUT2D eigenvalue weighted by Crippen LogP contribution is -2.13. The van der Waals surface area contributed by atoms with Gasteiger partial charge in [-0.2, -0.15) is 5.90 Å². The lowest BCUT2D eigenvalue weighted by Gasteiger charge is -1.97. The lowest BCUT2D eigenvalue weighted by molar-refractivity contribution is -0.145. The maximum absolute atomic E-state index is 10.3. The Labute approximate surface area is 52.9 Å². The first-order valence-corrected chi connectivity index (χ1v) is 2.55. The molecule has 1 unspecified atom stereocenters. The van der Waals surface area contributed by atoms with Gasteiger partial charge >= 0.3 is 5.97 Å². The topological polar surface area (TPSA) is 69.4 Å². The highest BCUT2D eigenvalue weighted by Gasteiger charge is 2.06. The van der Waals surface area contributed by atoms with Crippen LogP contribution in [-0.4, -0.2) is 12.3 Å². The molecule has 2 N–H and O–H groups in total. The Hall–Kier alpha value is -0.900. The molecule has 0 fully saturated rings. The van der Waals surface area contributed by atoms with Crippen molar-refractivity contribution < 1.29 is 14.4 Å². The summed E-state index contributed by atoms with van der Waals surface area (Å²) in [6.45, 7) is 1.62. The van der Waals surface area contributed by atoms with Crippen LogP contribution in [0.15, 0.2) is 0 Å². The molecular formula is C5H9NO3. The zero-order valence-electron chi connectivity index (χ0n) is 5.16. The van der Waals surface area contributed by atoms with Crippen LogP contribution in [0.5, 0.6) is 0 Å². The zero-order chi connectivity index (χ0) is 7.28. The van der Waals surface area contributed by atoms with Gasteiger partial charge in [0.25, 0.3) is 0 Å². The summed E-state index contributed by atoms with van der Waals surface area (Å²) in [6.07, 6.45) is 0.733. The predicted octanol–water partition coefficient (Wildman–Crippen LogP) is -0.372. The Kier molecular flexibility index (Phi) is 3.62. The van der Waals surface area contributed by atoms with Crippen LogP contribution in [0.4, 0.5) is 0 Å². The number of carbonyl (C=O) groups excluding carboxylic acids is 2. The van der Waals surface area contributed by atoms with Gasteiger partial charge in [-0.3, -0.25) is 4.79 Å². The van der Waals surface area contributed by atoms with Crippen molar-refractivity contribution in [3.8, 4) is 0 Å². The van der Waals surface area contributed by atoms with Crippen LogP contribution in [-0.2, 0) is 14.4 Å². The number of nitrogens with two attached hydrogens (primary N) is 1. The van der Waals surface area contributed by atoms with Crippen molar-refractivity contribution in [1.29, 1.82) is 0 Å². The number of hydrogen-bond donors (Lipinski definition) is 1. The fraction of sp³-hybridized carbons (Fsp3) is 0.600. The first-order valence-electron chi connectivity index (χ1n) is 2.55. The molecule has 9 heavy (non-hydrogen) atoms. The standard InChI is InChI=1S/C5H9NO3/c1-4(3-7)2-5(8)9-6/h3-4H,2,6H2,1H3. The van der Waals surface area contributed by atoms with Gasteiger partial charge in [0.15, 0.2) is 0 Å². The molecule has 0 aromatic rings.